The Hall–Kier alpha value is -1.56. The Bertz CT molecular complexity index is 432. The van der Waals surface area contributed by atoms with Crippen LogP contribution in [-0.4, -0.2) is 29.2 Å². The molecule has 1 saturated carbocycles. The van der Waals surface area contributed by atoms with E-state index in [1.165, 1.54) is 19.9 Å². The van der Waals surface area contributed by atoms with Gasteiger partial charge >= 0.3 is 0 Å². The van der Waals surface area contributed by atoms with Crippen molar-refractivity contribution in [3.63, 3.8) is 0 Å². The Morgan fingerprint density at radius 2 is 2.29 bits per heavy atom. The molecule has 0 amide bonds. The predicted octanol–water partition coefficient (Wildman–Crippen LogP) is 0.460. The van der Waals surface area contributed by atoms with Gasteiger partial charge < -0.3 is 20.8 Å². The van der Waals surface area contributed by atoms with Crippen molar-refractivity contribution in [2.75, 3.05) is 12.4 Å². The quantitative estimate of drug-likeness (QED) is 0.711. The molecule has 6 heteroatoms. The zero-order valence-corrected chi connectivity index (χ0v) is 9.90. The highest BCUT2D eigenvalue weighted by molar-refractivity contribution is 5.48. The van der Waals surface area contributed by atoms with Gasteiger partial charge in [-0.25, -0.2) is 4.98 Å². The van der Waals surface area contributed by atoms with Gasteiger partial charge in [0.25, 0.3) is 5.56 Å². The largest absolute Gasteiger partial charge is 0.489 e. The summed E-state index contributed by atoms with van der Waals surface area (Å²) in [5.74, 6) is 0.684. The zero-order chi connectivity index (χ0) is 12.3. The van der Waals surface area contributed by atoms with E-state index in [9.17, 15) is 4.79 Å². The van der Waals surface area contributed by atoms with Gasteiger partial charge in [-0.05, 0) is 12.8 Å². The SMILES string of the molecule is COc1c(NC2CCCCC2N)nc[nH]c1=O. The maximum Gasteiger partial charge on any atom is 0.295 e. The molecule has 1 aromatic heterocycles. The fraction of sp³-hybridized carbons (Fsp3) is 0.636. The van der Waals surface area contributed by atoms with Gasteiger partial charge in [-0.15, -0.1) is 0 Å². The van der Waals surface area contributed by atoms with Crippen LogP contribution in [0, 0.1) is 0 Å². The molecule has 6 nitrogen and oxygen atoms in total. The molecule has 0 radical (unpaired) electrons. The van der Waals surface area contributed by atoms with Crippen molar-refractivity contribution in [1.29, 1.82) is 0 Å². The van der Waals surface area contributed by atoms with Crippen molar-refractivity contribution in [3.05, 3.63) is 16.7 Å². The molecule has 0 aliphatic heterocycles. The van der Waals surface area contributed by atoms with Crippen molar-refractivity contribution in [2.24, 2.45) is 5.73 Å². The van der Waals surface area contributed by atoms with Gasteiger partial charge in [0.1, 0.15) is 0 Å². The topological polar surface area (TPSA) is 93.0 Å². The maximum atomic E-state index is 11.5. The first-order valence-electron chi connectivity index (χ1n) is 5.86. The third kappa shape index (κ3) is 2.58. The molecular weight excluding hydrogens is 220 g/mol. The third-order valence-electron chi connectivity index (χ3n) is 3.16. The summed E-state index contributed by atoms with van der Waals surface area (Å²) in [4.78, 5) is 18.1. The molecule has 2 rings (SSSR count). The Kier molecular flexibility index (Phi) is 3.63. The van der Waals surface area contributed by atoms with Crippen LogP contribution in [0.1, 0.15) is 25.7 Å². The van der Waals surface area contributed by atoms with E-state index in [4.69, 9.17) is 10.5 Å². The lowest BCUT2D eigenvalue weighted by molar-refractivity contribution is 0.391. The second-order valence-corrected chi connectivity index (χ2v) is 4.31. The summed E-state index contributed by atoms with van der Waals surface area (Å²) in [5.41, 5.74) is 5.76. The van der Waals surface area contributed by atoms with Gasteiger partial charge in [0.2, 0.25) is 5.75 Å². The first kappa shape index (κ1) is 11.9. The lowest BCUT2D eigenvalue weighted by Crippen LogP contribution is -2.43. The first-order chi connectivity index (χ1) is 8.22. The number of hydrogen-bond acceptors (Lipinski definition) is 5. The van der Waals surface area contributed by atoms with Gasteiger partial charge in [0.15, 0.2) is 5.82 Å². The van der Waals surface area contributed by atoms with Crippen LogP contribution < -0.4 is 21.3 Å². The summed E-state index contributed by atoms with van der Waals surface area (Å²) in [5, 5.41) is 3.21. The van der Waals surface area contributed by atoms with Crippen LogP contribution >= 0.6 is 0 Å². The average molecular weight is 238 g/mol. The number of hydrogen-bond donors (Lipinski definition) is 3. The second kappa shape index (κ2) is 5.18. The molecule has 1 aliphatic rings. The van der Waals surface area contributed by atoms with E-state index in [1.54, 1.807) is 0 Å². The molecule has 0 spiro atoms. The average Bonchev–Trinajstić information content (AvgIpc) is 2.32. The standard InChI is InChI=1S/C11H18N4O2/c1-17-9-10(13-6-14-11(9)16)15-8-5-3-2-4-7(8)12/h6-8H,2-5,12H2,1H3,(H2,13,14,15,16). The summed E-state index contributed by atoms with van der Waals surface area (Å²) < 4.78 is 5.04. The lowest BCUT2D eigenvalue weighted by atomic mass is 9.91. The predicted molar refractivity (Wildman–Crippen MR) is 65.3 cm³/mol. The Morgan fingerprint density at radius 1 is 1.53 bits per heavy atom. The van der Waals surface area contributed by atoms with Gasteiger partial charge in [0.05, 0.1) is 13.4 Å². The number of ether oxygens (including phenoxy) is 1. The summed E-state index contributed by atoms with van der Waals surface area (Å²) >= 11 is 0. The van der Waals surface area contributed by atoms with Crippen molar-refractivity contribution in [1.82, 2.24) is 9.97 Å². The number of aromatic amines is 1. The monoisotopic (exact) mass is 238 g/mol. The van der Waals surface area contributed by atoms with Crippen LogP contribution in [-0.2, 0) is 0 Å². The van der Waals surface area contributed by atoms with Gasteiger partial charge in [-0.3, -0.25) is 4.79 Å². The molecule has 0 saturated heterocycles. The molecule has 94 valence electrons. The third-order valence-corrected chi connectivity index (χ3v) is 3.16. The number of aromatic nitrogens is 2. The molecule has 0 bridgehead atoms. The number of rotatable bonds is 3. The van der Waals surface area contributed by atoms with Gasteiger partial charge in [-0.1, -0.05) is 12.8 Å². The van der Waals surface area contributed by atoms with Crippen LogP contribution in [0.4, 0.5) is 5.82 Å². The molecular formula is C11H18N4O2. The van der Waals surface area contributed by atoms with Crippen LogP contribution in [0.3, 0.4) is 0 Å². The van der Waals surface area contributed by atoms with E-state index in [0.29, 0.717) is 5.82 Å². The van der Waals surface area contributed by atoms with Gasteiger partial charge in [-0.2, -0.15) is 0 Å². The Balaban J connectivity index is 2.17. The van der Waals surface area contributed by atoms with E-state index < -0.39 is 0 Å². The minimum absolute atomic E-state index is 0.106. The number of nitrogens with two attached hydrogens (primary N) is 1. The number of anilines is 1. The smallest absolute Gasteiger partial charge is 0.295 e. The number of H-pyrrole nitrogens is 1. The molecule has 2 unspecified atom stereocenters. The molecule has 17 heavy (non-hydrogen) atoms. The fourth-order valence-electron chi connectivity index (χ4n) is 2.19. The second-order valence-electron chi connectivity index (χ2n) is 4.31. The van der Waals surface area contributed by atoms with Crippen LogP contribution in [0.15, 0.2) is 11.1 Å². The zero-order valence-electron chi connectivity index (χ0n) is 9.90. The number of nitrogens with zero attached hydrogens (tertiary/aromatic N) is 1. The molecule has 1 aliphatic carbocycles. The normalized spacial score (nSPS) is 24.4. The van der Waals surface area contributed by atoms with Crippen LogP contribution in [0.25, 0.3) is 0 Å². The molecule has 1 heterocycles. The van der Waals surface area contributed by atoms with Crippen LogP contribution in [0.2, 0.25) is 0 Å². The fourth-order valence-corrected chi connectivity index (χ4v) is 2.19. The summed E-state index contributed by atoms with van der Waals surface area (Å²) in [6.45, 7) is 0. The lowest BCUT2D eigenvalue weighted by Gasteiger charge is -2.29. The van der Waals surface area contributed by atoms with E-state index in [0.717, 1.165) is 19.3 Å². The number of nitrogens with one attached hydrogen (secondary N) is 2. The Labute approximate surface area is 99.6 Å². The molecule has 4 N–H and O–H groups in total. The number of methoxy groups -OCH3 is 1. The van der Waals surface area contributed by atoms with Crippen molar-refractivity contribution >= 4 is 5.82 Å². The minimum atomic E-state index is -0.283. The van der Waals surface area contributed by atoms with Crippen molar-refractivity contribution in [3.8, 4) is 5.75 Å². The highest BCUT2D eigenvalue weighted by Gasteiger charge is 2.23. The molecule has 0 aromatic carbocycles. The van der Waals surface area contributed by atoms with E-state index in [1.807, 2.05) is 0 Å². The van der Waals surface area contributed by atoms with Gasteiger partial charge in [0, 0.05) is 12.1 Å². The summed E-state index contributed by atoms with van der Waals surface area (Å²) in [6, 6.07) is 0.265. The minimum Gasteiger partial charge on any atom is -0.489 e. The Morgan fingerprint density at radius 3 is 3.00 bits per heavy atom. The molecule has 2 atom stereocenters. The van der Waals surface area contributed by atoms with E-state index in [2.05, 4.69) is 15.3 Å². The summed E-state index contributed by atoms with van der Waals surface area (Å²) in [6.07, 6.45) is 5.68. The maximum absolute atomic E-state index is 11.5. The van der Waals surface area contributed by atoms with E-state index in [-0.39, 0.29) is 23.4 Å². The molecule has 1 aromatic rings. The van der Waals surface area contributed by atoms with Crippen molar-refractivity contribution < 1.29 is 4.74 Å². The first-order valence-corrected chi connectivity index (χ1v) is 5.86. The summed E-state index contributed by atoms with van der Waals surface area (Å²) in [7, 11) is 1.46. The van der Waals surface area contributed by atoms with Crippen LogP contribution in [0.5, 0.6) is 5.75 Å². The highest BCUT2D eigenvalue weighted by atomic mass is 16.5. The highest BCUT2D eigenvalue weighted by Crippen LogP contribution is 2.23. The van der Waals surface area contributed by atoms with Crippen molar-refractivity contribution in [2.45, 2.75) is 37.8 Å². The molecule has 1 fully saturated rings. The van der Waals surface area contributed by atoms with E-state index >= 15 is 0 Å².